The normalized spacial score (nSPS) is 14.8. The number of Topliss-reactive ketones (excluding diaryl/α,β-unsaturated/α-hetero) is 2. The van der Waals surface area contributed by atoms with E-state index in [0.29, 0.717) is 54.9 Å². The van der Waals surface area contributed by atoms with Gasteiger partial charge in [-0.1, -0.05) is 95.5 Å². The molecule has 2 aliphatic carbocycles. The molecule has 5 aromatic rings. The number of nitrogens with zero attached hydrogens (tertiary/aromatic N) is 2. The van der Waals surface area contributed by atoms with E-state index < -0.39 is 23.4 Å². The quantitative estimate of drug-likeness (QED) is 0.0911. The molecule has 0 unspecified atom stereocenters. The van der Waals surface area contributed by atoms with Crippen LogP contribution in [0.5, 0.6) is 0 Å². The van der Waals surface area contributed by atoms with Crippen molar-refractivity contribution in [3.8, 4) is 0 Å². The Morgan fingerprint density at radius 2 is 0.964 bits per heavy atom. The minimum Gasteiger partial charge on any atom is -0.322 e. The lowest BCUT2D eigenvalue weighted by atomic mass is 9.89. The van der Waals surface area contributed by atoms with Gasteiger partial charge in [-0.2, -0.15) is 10.2 Å². The number of hydrazone groups is 2. The first-order valence-electron chi connectivity index (χ1n) is 17.2. The highest BCUT2D eigenvalue weighted by atomic mass is 35.5. The third-order valence-corrected chi connectivity index (χ3v) is 10.0. The van der Waals surface area contributed by atoms with Crippen molar-refractivity contribution in [3.63, 3.8) is 0 Å². The number of hydrogen-bond donors (Lipinski definition) is 4. The van der Waals surface area contributed by atoms with Crippen LogP contribution in [-0.2, 0) is 19.2 Å². The molecule has 2 amide bonds. The molecule has 0 aromatic heterocycles. The number of anilines is 4. The predicted octanol–water partition coefficient (Wildman–Crippen LogP) is 9.41. The number of rotatable bonds is 8. The summed E-state index contributed by atoms with van der Waals surface area (Å²) in [4.78, 5) is 55.0. The standard InChI is InChI=1S/C43H31Cl3N6O4/c1-22-12-14-27(44)19-35(22)49-51-38-29-10-6-4-8-25(29)17-31(40(38)53)42(55)47-34-21-33(46)37(16-24(34)3)48-43(56)32-18-26-9-5-7-11-30(26)39(41(32)54)52-50-36-20-28(45)15-13-23(36)2/h4-21,49-50H,1-3H3,(H,47,55)(H,48,56). The second-order valence-electron chi connectivity index (χ2n) is 13.1. The largest absolute Gasteiger partial charge is 0.322 e. The Bertz CT molecular complexity index is 2470. The molecule has 5 aromatic carbocycles. The topological polar surface area (TPSA) is 141 Å². The van der Waals surface area contributed by atoms with Gasteiger partial charge in [0.05, 0.1) is 33.2 Å². The maximum atomic E-state index is 13.8. The molecule has 56 heavy (non-hydrogen) atoms. The van der Waals surface area contributed by atoms with Gasteiger partial charge in [0, 0.05) is 26.9 Å². The van der Waals surface area contributed by atoms with Gasteiger partial charge in [0.15, 0.2) is 0 Å². The monoisotopic (exact) mass is 800 g/mol. The number of hydrogen-bond acceptors (Lipinski definition) is 8. The molecule has 0 bridgehead atoms. The van der Waals surface area contributed by atoms with E-state index >= 15 is 0 Å². The van der Waals surface area contributed by atoms with Gasteiger partial charge in [-0.3, -0.25) is 30.0 Å². The van der Waals surface area contributed by atoms with E-state index in [1.807, 2.05) is 26.0 Å². The average molecular weight is 802 g/mol. The molecule has 0 aliphatic heterocycles. The van der Waals surface area contributed by atoms with Crippen LogP contribution >= 0.6 is 34.8 Å². The summed E-state index contributed by atoms with van der Waals surface area (Å²) < 4.78 is 0. The smallest absolute Gasteiger partial charge is 0.259 e. The van der Waals surface area contributed by atoms with Crippen LogP contribution in [0.15, 0.2) is 118 Å². The van der Waals surface area contributed by atoms with Crippen molar-refractivity contribution in [3.05, 3.63) is 162 Å². The van der Waals surface area contributed by atoms with Crippen molar-refractivity contribution >= 4 is 105 Å². The summed E-state index contributed by atoms with van der Waals surface area (Å²) in [5, 5.41) is 15.4. The highest BCUT2D eigenvalue weighted by molar-refractivity contribution is 6.60. The molecule has 7 rings (SSSR count). The van der Waals surface area contributed by atoms with Crippen molar-refractivity contribution in [2.45, 2.75) is 20.8 Å². The lowest BCUT2D eigenvalue weighted by molar-refractivity contribution is -0.118. The molecule has 0 fully saturated rings. The van der Waals surface area contributed by atoms with Crippen molar-refractivity contribution in [1.82, 2.24) is 0 Å². The van der Waals surface area contributed by atoms with Gasteiger partial charge in [-0.25, -0.2) is 0 Å². The van der Waals surface area contributed by atoms with Crippen LogP contribution in [0.2, 0.25) is 15.1 Å². The SMILES string of the molecule is Cc1ccc(Cl)cc1NN=C1C(=O)C(C(=O)Nc2cc(Cl)c(NC(=O)C3=Cc4ccccc4C(=NNc4cc(Cl)ccc4C)C3=O)cc2C)=Cc2ccccc21. The van der Waals surface area contributed by atoms with E-state index in [4.69, 9.17) is 34.8 Å². The molecule has 278 valence electrons. The van der Waals surface area contributed by atoms with Crippen LogP contribution in [-0.4, -0.2) is 34.8 Å². The van der Waals surface area contributed by atoms with Gasteiger partial charge in [0.1, 0.15) is 11.4 Å². The number of ketones is 2. The summed E-state index contributed by atoms with van der Waals surface area (Å²) in [6.45, 7) is 5.45. The minimum absolute atomic E-state index is 0.0470. The molecule has 0 heterocycles. The van der Waals surface area contributed by atoms with Crippen LogP contribution < -0.4 is 21.5 Å². The molecule has 4 N–H and O–H groups in total. The Balaban J connectivity index is 1.11. The van der Waals surface area contributed by atoms with Crippen LogP contribution in [0.4, 0.5) is 22.7 Å². The summed E-state index contributed by atoms with van der Waals surface area (Å²) in [6, 6.07) is 27.8. The number of amides is 2. The van der Waals surface area contributed by atoms with Gasteiger partial charge in [-0.15, -0.1) is 0 Å². The van der Waals surface area contributed by atoms with Crippen LogP contribution in [0.3, 0.4) is 0 Å². The zero-order valence-corrected chi connectivity index (χ0v) is 32.3. The van der Waals surface area contributed by atoms with Crippen molar-refractivity contribution in [2.24, 2.45) is 10.2 Å². The van der Waals surface area contributed by atoms with Gasteiger partial charge >= 0.3 is 0 Å². The number of benzene rings is 5. The average Bonchev–Trinajstić information content (AvgIpc) is 3.18. The molecule has 0 radical (unpaired) electrons. The first-order chi connectivity index (χ1) is 26.9. The third kappa shape index (κ3) is 7.76. The molecule has 0 atom stereocenters. The fourth-order valence-electron chi connectivity index (χ4n) is 6.13. The van der Waals surface area contributed by atoms with E-state index in [1.54, 1.807) is 85.8 Å². The van der Waals surface area contributed by atoms with Crippen LogP contribution in [0, 0.1) is 20.8 Å². The lowest BCUT2D eigenvalue weighted by Gasteiger charge is -2.19. The zero-order valence-electron chi connectivity index (χ0n) is 30.1. The van der Waals surface area contributed by atoms with Gasteiger partial charge in [-0.05, 0) is 97.1 Å². The molecule has 0 spiro atoms. The number of fused-ring (bicyclic) bond motifs is 2. The summed E-state index contributed by atoms with van der Waals surface area (Å²) in [5.41, 5.74) is 12.0. The Morgan fingerprint density at radius 3 is 1.45 bits per heavy atom. The van der Waals surface area contributed by atoms with Crippen molar-refractivity contribution in [2.75, 3.05) is 21.5 Å². The van der Waals surface area contributed by atoms with E-state index in [0.717, 1.165) is 11.1 Å². The molecule has 0 saturated carbocycles. The predicted molar refractivity (Wildman–Crippen MR) is 225 cm³/mol. The van der Waals surface area contributed by atoms with E-state index in [9.17, 15) is 19.2 Å². The van der Waals surface area contributed by atoms with Gasteiger partial charge in [0.2, 0.25) is 11.6 Å². The second-order valence-corrected chi connectivity index (χ2v) is 14.3. The Hall–Kier alpha value is -6.33. The van der Waals surface area contributed by atoms with Crippen LogP contribution in [0.1, 0.15) is 38.9 Å². The first kappa shape index (κ1) is 38.0. The van der Waals surface area contributed by atoms with Gasteiger partial charge < -0.3 is 10.6 Å². The number of carbonyl (C=O) groups is 4. The van der Waals surface area contributed by atoms with E-state index in [1.165, 1.54) is 18.2 Å². The number of aryl methyl sites for hydroxylation is 3. The zero-order chi connectivity index (χ0) is 39.7. The number of halogens is 3. The number of carbonyl (C=O) groups excluding carboxylic acids is 4. The Kier molecular flexibility index (Phi) is 10.7. The highest BCUT2D eigenvalue weighted by Gasteiger charge is 2.32. The Labute approximate surface area is 336 Å². The molecule has 10 nitrogen and oxygen atoms in total. The molecular weight excluding hydrogens is 771 g/mol. The minimum atomic E-state index is -0.709. The van der Waals surface area contributed by atoms with Crippen LogP contribution in [0.25, 0.3) is 12.2 Å². The van der Waals surface area contributed by atoms with Gasteiger partial charge in [0.25, 0.3) is 11.8 Å². The maximum Gasteiger partial charge on any atom is 0.259 e. The molecule has 0 saturated heterocycles. The fourth-order valence-corrected chi connectivity index (χ4v) is 6.69. The summed E-state index contributed by atoms with van der Waals surface area (Å²) in [6.07, 6.45) is 3.01. The molecule has 2 aliphatic rings. The number of nitrogens with one attached hydrogen (secondary N) is 4. The lowest BCUT2D eigenvalue weighted by Crippen LogP contribution is -2.31. The molecule has 13 heteroatoms. The van der Waals surface area contributed by atoms with Crippen molar-refractivity contribution in [1.29, 1.82) is 0 Å². The van der Waals surface area contributed by atoms with Crippen molar-refractivity contribution < 1.29 is 19.2 Å². The van der Waals surface area contributed by atoms with E-state index in [-0.39, 0.29) is 33.3 Å². The summed E-state index contributed by atoms with van der Waals surface area (Å²) in [5.74, 6) is -2.58. The maximum absolute atomic E-state index is 13.8. The molecular formula is C43H31Cl3N6O4. The first-order valence-corrected chi connectivity index (χ1v) is 18.4. The second kappa shape index (κ2) is 15.8. The Morgan fingerprint density at radius 1 is 0.518 bits per heavy atom. The summed E-state index contributed by atoms with van der Waals surface area (Å²) >= 11 is 19.0. The fraction of sp³-hybridized carbons (Fsp3) is 0.0698. The highest BCUT2D eigenvalue weighted by Crippen LogP contribution is 2.32. The summed E-state index contributed by atoms with van der Waals surface area (Å²) in [7, 11) is 0. The van der Waals surface area contributed by atoms with E-state index in [2.05, 4.69) is 31.7 Å². The third-order valence-electron chi connectivity index (χ3n) is 9.23.